The van der Waals surface area contributed by atoms with Crippen LogP contribution in [0.3, 0.4) is 0 Å². The SMILES string of the molecule is CCNC(=NCC1CCN(Cc2ccc(C)cc2)CC1)N1CCC(COC)C1. The van der Waals surface area contributed by atoms with Gasteiger partial charge in [0.2, 0.25) is 0 Å². The summed E-state index contributed by atoms with van der Waals surface area (Å²) < 4.78 is 5.34. The maximum atomic E-state index is 5.34. The van der Waals surface area contributed by atoms with Crippen LogP contribution in [-0.2, 0) is 11.3 Å². The molecule has 1 aromatic carbocycles. The fourth-order valence-electron chi connectivity index (χ4n) is 4.32. The van der Waals surface area contributed by atoms with Crippen molar-refractivity contribution < 1.29 is 4.74 Å². The number of ether oxygens (including phenoxy) is 1. The van der Waals surface area contributed by atoms with Crippen molar-refractivity contribution in [3.05, 3.63) is 35.4 Å². The first kappa shape index (κ1) is 21.1. The first-order chi connectivity index (χ1) is 13.7. The van der Waals surface area contributed by atoms with E-state index in [1.165, 1.54) is 43.5 Å². The van der Waals surface area contributed by atoms with Crippen molar-refractivity contribution in [3.8, 4) is 0 Å². The number of piperidine rings is 1. The highest BCUT2D eigenvalue weighted by Crippen LogP contribution is 2.21. The van der Waals surface area contributed by atoms with Gasteiger partial charge in [-0.25, -0.2) is 0 Å². The quantitative estimate of drug-likeness (QED) is 0.577. The molecule has 0 radical (unpaired) electrons. The topological polar surface area (TPSA) is 40.1 Å². The Balaban J connectivity index is 1.45. The molecule has 0 amide bonds. The van der Waals surface area contributed by atoms with Gasteiger partial charge in [-0.1, -0.05) is 29.8 Å². The van der Waals surface area contributed by atoms with E-state index in [1.54, 1.807) is 7.11 Å². The predicted molar refractivity (Wildman–Crippen MR) is 117 cm³/mol. The molecule has 156 valence electrons. The molecule has 2 aliphatic rings. The summed E-state index contributed by atoms with van der Waals surface area (Å²) >= 11 is 0. The van der Waals surface area contributed by atoms with Gasteiger partial charge >= 0.3 is 0 Å². The molecule has 3 rings (SSSR count). The van der Waals surface area contributed by atoms with Crippen LogP contribution in [0.2, 0.25) is 0 Å². The number of methoxy groups -OCH3 is 1. The van der Waals surface area contributed by atoms with E-state index >= 15 is 0 Å². The van der Waals surface area contributed by atoms with Crippen LogP contribution in [0, 0.1) is 18.8 Å². The number of aliphatic imine (C=N–C) groups is 1. The monoisotopic (exact) mass is 386 g/mol. The lowest BCUT2D eigenvalue weighted by Crippen LogP contribution is -2.41. The second-order valence-corrected chi connectivity index (χ2v) is 8.46. The second-order valence-electron chi connectivity index (χ2n) is 8.46. The van der Waals surface area contributed by atoms with E-state index in [2.05, 4.69) is 53.2 Å². The fourth-order valence-corrected chi connectivity index (χ4v) is 4.32. The molecule has 2 fully saturated rings. The van der Waals surface area contributed by atoms with E-state index in [1.807, 2.05) is 0 Å². The van der Waals surface area contributed by atoms with Gasteiger partial charge in [0.15, 0.2) is 5.96 Å². The van der Waals surface area contributed by atoms with Crippen molar-refractivity contribution in [2.45, 2.75) is 39.7 Å². The molecule has 2 aliphatic heterocycles. The molecular weight excluding hydrogens is 348 g/mol. The standard InChI is InChI=1S/C23H38N4O/c1-4-24-23(27-14-11-22(17-27)18-28-3)25-15-20-9-12-26(13-10-20)16-21-7-5-19(2)6-8-21/h5-8,20,22H,4,9-18H2,1-3H3,(H,24,25). The van der Waals surface area contributed by atoms with Crippen LogP contribution in [0.15, 0.2) is 29.3 Å². The lowest BCUT2D eigenvalue weighted by atomic mass is 9.96. The number of hydrogen-bond donors (Lipinski definition) is 1. The first-order valence-corrected chi connectivity index (χ1v) is 11.0. The molecule has 0 aliphatic carbocycles. The van der Waals surface area contributed by atoms with E-state index in [0.717, 1.165) is 45.3 Å². The molecule has 2 heterocycles. The molecule has 2 saturated heterocycles. The Kier molecular flexibility index (Phi) is 8.16. The zero-order chi connectivity index (χ0) is 19.8. The Morgan fingerprint density at radius 1 is 1.11 bits per heavy atom. The molecule has 28 heavy (non-hydrogen) atoms. The highest BCUT2D eigenvalue weighted by molar-refractivity contribution is 5.80. The lowest BCUT2D eigenvalue weighted by Gasteiger charge is -2.31. The molecular formula is C23H38N4O. The molecule has 1 unspecified atom stereocenters. The van der Waals surface area contributed by atoms with Crippen molar-refractivity contribution in [1.29, 1.82) is 0 Å². The van der Waals surface area contributed by atoms with Crippen molar-refractivity contribution in [2.24, 2.45) is 16.8 Å². The third-order valence-electron chi connectivity index (χ3n) is 6.06. The van der Waals surface area contributed by atoms with Crippen LogP contribution >= 0.6 is 0 Å². The van der Waals surface area contributed by atoms with Gasteiger partial charge in [0.25, 0.3) is 0 Å². The van der Waals surface area contributed by atoms with E-state index in [9.17, 15) is 0 Å². The number of nitrogens with one attached hydrogen (secondary N) is 1. The number of benzene rings is 1. The van der Waals surface area contributed by atoms with Crippen LogP contribution in [0.25, 0.3) is 0 Å². The molecule has 0 saturated carbocycles. The van der Waals surface area contributed by atoms with Gasteiger partial charge < -0.3 is 15.0 Å². The molecule has 5 heteroatoms. The molecule has 0 spiro atoms. The summed E-state index contributed by atoms with van der Waals surface area (Å²) in [7, 11) is 1.80. The Morgan fingerprint density at radius 2 is 1.82 bits per heavy atom. The maximum absolute atomic E-state index is 5.34. The number of guanidine groups is 1. The molecule has 0 aromatic heterocycles. The maximum Gasteiger partial charge on any atom is 0.193 e. The van der Waals surface area contributed by atoms with Gasteiger partial charge in [0.1, 0.15) is 0 Å². The summed E-state index contributed by atoms with van der Waals surface area (Å²) in [5.74, 6) is 2.45. The van der Waals surface area contributed by atoms with Crippen LogP contribution in [0.4, 0.5) is 0 Å². The predicted octanol–water partition coefficient (Wildman–Crippen LogP) is 3.14. The summed E-state index contributed by atoms with van der Waals surface area (Å²) in [6.07, 6.45) is 3.71. The van der Waals surface area contributed by atoms with Crippen LogP contribution in [-0.4, -0.2) is 68.7 Å². The van der Waals surface area contributed by atoms with Crippen LogP contribution < -0.4 is 5.32 Å². The highest BCUT2D eigenvalue weighted by Gasteiger charge is 2.25. The average molecular weight is 387 g/mol. The largest absolute Gasteiger partial charge is 0.384 e. The van der Waals surface area contributed by atoms with Gasteiger partial charge in [0.05, 0.1) is 6.61 Å². The van der Waals surface area contributed by atoms with E-state index < -0.39 is 0 Å². The van der Waals surface area contributed by atoms with Crippen LogP contribution in [0.5, 0.6) is 0 Å². The Morgan fingerprint density at radius 3 is 2.50 bits per heavy atom. The number of likely N-dealkylation sites (tertiary alicyclic amines) is 2. The minimum absolute atomic E-state index is 0.638. The highest BCUT2D eigenvalue weighted by atomic mass is 16.5. The first-order valence-electron chi connectivity index (χ1n) is 11.0. The third-order valence-corrected chi connectivity index (χ3v) is 6.06. The second kappa shape index (κ2) is 10.8. The summed E-state index contributed by atoms with van der Waals surface area (Å²) in [6.45, 7) is 12.6. The van der Waals surface area contributed by atoms with Crippen molar-refractivity contribution >= 4 is 5.96 Å². The number of hydrogen-bond acceptors (Lipinski definition) is 3. The van der Waals surface area contributed by atoms with E-state index in [4.69, 9.17) is 9.73 Å². The van der Waals surface area contributed by atoms with Crippen LogP contribution in [0.1, 0.15) is 37.3 Å². The lowest BCUT2D eigenvalue weighted by molar-refractivity contribution is 0.157. The summed E-state index contributed by atoms with van der Waals surface area (Å²) in [4.78, 5) is 10.0. The van der Waals surface area contributed by atoms with Crippen molar-refractivity contribution in [1.82, 2.24) is 15.1 Å². The normalized spacial score (nSPS) is 22.0. The Bertz CT molecular complexity index is 608. The number of nitrogens with zero attached hydrogens (tertiary/aromatic N) is 3. The third kappa shape index (κ3) is 6.21. The van der Waals surface area contributed by atoms with Gasteiger partial charge in [-0.2, -0.15) is 0 Å². The summed E-state index contributed by atoms with van der Waals surface area (Å²) in [5.41, 5.74) is 2.76. The van der Waals surface area contributed by atoms with Gasteiger partial charge in [-0.05, 0) is 57.7 Å². The van der Waals surface area contributed by atoms with Gasteiger partial charge in [-0.3, -0.25) is 9.89 Å². The average Bonchev–Trinajstić information content (AvgIpc) is 3.17. The van der Waals surface area contributed by atoms with Gasteiger partial charge in [0, 0.05) is 45.8 Å². The van der Waals surface area contributed by atoms with E-state index in [-0.39, 0.29) is 0 Å². The Hall–Kier alpha value is -1.59. The number of aryl methyl sites for hydroxylation is 1. The van der Waals surface area contributed by atoms with Crippen molar-refractivity contribution in [3.63, 3.8) is 0 Å². The summed E-state index contributed by atoms with van der Waals surface area (Å²) in [5, 5.41) is 3.50. The van der Waals surface area contributed by atoms with E-state index in [0.29, 0.717) is 11.8 Å². The molecule has 0 bridgehead atoms. The minimum atomic E-state index is 0.638. The number of rotatable bonds is 7. The fraction of sp³-hybridized carbons (Fsp3) is 0.696. The minimum Gasteiger partial charge on any atom is -0.384 e. The Labute approximate surface area is 171 Å². The zero-order valence-corrected chi connectivity index (χ0v) is 18.0. The zero-order valence-electron chi connectivity index (χ0n) is 18.0. The molecule has 1 N–H and O–H groups in total. The molecule has 1 aromatic rings. The summed E-state index contributed by atoms with van der Waals surface area (Å²) in [6, 6.07) is 8.96. The van der Waals surface area contributed by atoms with Gasteiger partial charge in [-0.15, -0.1) is 0 Å². The smallest absolute Gasteiger partial charge is 0.193 e. The molecule has 1 atom stereocenters. The van der Waals surface area contributed by atoms with Crippen molar-refractivity contribution in [2.75, 3.05) is 53.0 Å². The molecule has 5 nitrogen and oxygen atoms in total.